The smallest absolute Gasteiger partial charge is 0.299 e. The zero-order valence-corrected chi connectivity index (χ0v) is 12.5. The molecular weight excluding hydrogens is 244 g/mol. The van der Waals surface area contributed by atoms with Gasteiger partial charge in [0.15, 0.2) is 0 Å². The van der Waals surface area contributed by atoms with Crippen molar-refractivity contribution in [3.8, 4) is 0 Å². The highest BCUT2D eigenvalue weighted by Crippen LogP contribution is 2.20. The van der Waals surface area contributed by atoms with E-state index < -0.39 is 8.40 Å². The van der Waals surface area contributed by atoms with Gasteiger partial charge in [-0.15, -0.1) is 6.58 Å². The quantitative estimate of drug-likeness (QED) is 0.664. The van der Waals surface area contributed by atoms with E-state index in [1.165, 1.54) is 21.5 Å². The summed E-state index contributed by atoms with van der Waals surface area (Å²) in [5, 5.41) is 0. The number of nitrogens with zero attached hydrogens (tertiary/aromatic N) is 2. The van der Waals surface area contributed by atoms with Crippen LogP contribution in [0.4, 0.5) is 0 Å². The number of rotatable bonds is 7. The van der Waals surface area contributed by atoms with E-state index in [0.29, 0.717) is 12.8 Å². The van der Waals surface area contributed by atoms with Crippen LogP contribution in [0, 0.1) is 0 Å². The number of carbonyl (C=O) groups is 2. The third-order valence-corrected chi connectivity index (χ3v) is 6.46. The second-order valence-electron chi connectivity index (χ2n) is 3.90. The Morgan fingerprint density at radius 1 is 1.00 bits per heavy atom. The first-order valence-electron chi connectivity index (χ1n) is 5.95. The standard InChI is InChI=1S/C13H22N2O2Si/c1-7-12(16)14(9-3)18(6,11-5)15(10-4)13(17)8-2/h9-11H,3-5,7-8H2,1-2,6H3. The Balaban J connectivity index is 5.62. The van der Waals surface area contributed by atoms with Crippen LogP contribution in [0.25, 0.3) is 0 Å². The van der Waals surface area contributed by atoms with Crippen molar-refractivity contribution in [2.75, 3.05) is 0 Å². The lowest BCUT2D eigenvalue weighted by atomic mass is 10.5. The first kappa shape index (κ1) is 16.4. The molecule has 2 amide bonds. The van der Waals surface area contributed by atoms with Gasteiger partial charge in [-0.1, -0.05) is 32.7 Å². The summed E-state index contributed by atoms with van der Waals surface area (Å²) >= 11 is 0. The number of hydrogen-bond acceptors (Lipinski definition) is 2. The molecule has 0 saturated carbocycles. The lowest BCUT2D eigenvalue weighted by Crippen LogP contribution is -2.62. The van der Waals surface area contributed by atoms with E-state index in [4.69, 9.17) is 0 Å². The van der Waals surface area contributed by atoms with Crippen LogP contribution < -0.4 is 0 Å². The lowest BCUT2D eigenvalue weighted by Gasteiger charge is -2.41. The summed E-state index contributed by atoms with van der Waals surface area (Å²) in [6, 6.07) is 0. The van der Waals surface area contributed by atoms with Crippen molar-refractivity contribution in [2.24, 2.45) is 0 Å². The van der Waals surface area contributed by atoms with Gasteiger partial charge < -0.3 is 9.13 Å². The van der Waals surface area contributed by atoms with Gasteiger partial charge in [-0.3, -0.25) is 9.59 Å². The summed E-state index contributed by atoms with van der Waals surface area (Å²) in [6.45, 7) is 16.5. The van der Waals surface area contributed by atoms with Crippen molar-refractivity contribution in [3.05, 3.63) is 37.8 Å². The largest absolute Gasteiger partial charge is 0.325 e. The third kappa shape index (κ3) is 2.98. The maximum Gasteiger partial charge on any atom is 0.299 e. The molecule has 0 aliphatic rings. The summed E-state index contributed by atoms with van der Waals surface area (Å²) in [4.78, 5) is 23.9. The molecule has 0 atom stereocenters. The minimum Gasteiger partial charge on any atom is -0.325 e. The molecule has 0 heterocycles. The van der Waals surface area contributed by atoms with Crippen molar-refractivity contribution in [2.45, 2.75) is 33.2 Å². The van der Waals surface area contributed by atoms with Crippen molar-refractivity contribution in [1.29, 1.82) is 0 Å². The van der Waals surface area contributed by atoms with Gasteiger partial charge in [0.1, 0.15) is 0 Å². The highest BCUT2D eigenvalue weighted by atomic mass is 28.3. The molecule has 0 aromatic rings. The van der Waals surface area contributed by atoms with Gasteiger partial charge in [-0.25, -0.2) is 0 Å². The van der Waals surface area contributed by atoms with Crippen molar-refractivity contribution in [1.82, 2.24) is 9.13 Å². The molecule has 5 heteroatoms. The van der Waals surface area contributed by atoms with Gasteiger partial charge in [-0.2, -0.15) is 0 Å². The summed E-state index contributed by atoms with van der Waals surface area (Å²) in [5.41, 5.74) is 1.68. The first-order chi connectivity index (χ1) is 8.42. The normalized spacial score (nSPS) is 10.4. The second kappa shape index (κ2) is 6.96. The molecule has 0 rings (SSSR count). The fraction of sp³-hybridized carbons (Fsp3) is 0.385. The maximum atomic E-state index is 11.9. The highest BCUT2D eigenvalue weighted by molar-refractivity contribution is 6.82. The zero-order chi connectivity index (χ0) is 14.3. The van der Waals surface area contributed by atoms with E-state index in [2.05, 4.69) is 19.7 Å². The first-order valence-corrected chi connectivity index (χ1v) is 8.43. The van der Waals surface area contributed by atoms with Crippen LogP contribution in [-0.4, -0.2) is 29.3 Å². The van der Waals surface area contributed by atoms with Gasteiger partial charge in [0.2, 0.25) is 11.8 Å². The van der Waals surface area contributed by atoms with Crippen LogP contribution in [-0.2, 0) is 9.59 Å². The Hall–Kier alpha value is -1.62. The monoisotopic (exact) mass is 266 g/mol. The van der Waals surface area contributed by atoms with Crippen molar-refractivity contribution >= 4 is 20.2 Å². The predicted octanol–water partition coefficient (Wildman–Crippen LogP) is 2.55. The average Bonchev–Trinajstić information content (AvgIpc) is 2.39. The van der Waals surface area contributed by atoms with Gasteiger partial charge in [-0.05, 0) is 18.9 Å². The van der Waals surface area contributed by atoms with E-state index in [1.807, 2.05) is 6.55 Å². The minimum absolute atomic E-state index is 0.0742. The van der Waals surface area contributed by atoms with Gasteiger partial charge >= 0.3 is 0 Å². The van der Waals surface area contributed by atoms with Crippen molar-refractivity contribution in [3.63, 3.8) is 0 Å². The number of carbonyl (C=O) groups excluding carboxylic acids is 2. The summed E-state index contributed by atoms with van der Waals surface area (Å²) in [6.07, 6.45) is 3.65. The van der Waals surface area contributed by atoms with E-state index in [9.17, 15) is 9.59 Å². The molecule has 4 nitrogen and oxygen atoms in total. The van der Waals surface area contributed by atoms with Crippen LogP contribution >= 0.6 is 0 Å². The maximum absolute atomic E-state index is 11.9. The van der Waals surface area contributed by atoms with Gasteiger partial charge in [0.05, 0.1) is 0 Å². The Bertz CT molecular complexity index is 338. The summed E-state index contributed by atoms with van der Waals surface area (Å²) in [7, 11) is -2.65. The molecule has 0 unspecified atom stereocenters. The van der Waals surface area contributed by atoms with Gasteiger partial charge in [0.25, 0.3) is 8.40 Å². The second-order valence-corrected chi connectivity index (χ2v) is 7.46. The fourth-order valence-electron chi connectivity index (χ4n) is 1.73. The molecule has 0 N–H and O–H groups in total. The van der Waals surface area contributed by atoms with E-state index in [-0.39, 0.29) is 11.8 Å². The van der Waals surface area contributed by atoms with Crippen LogP contribution in [0.1, 0.15) is 26.7 Å². The SMILES string of the molecule is C=CN(C(=O)CC)[Si](C)(C=C)N(C=C)C(=O)CC. The van der Waals surface area contributed by atoms with Crippen molar-refractivity contribution < 1.29 is 9.59 Å². The Morgan fingerprint density at radius 3 is 1.50 bits per heavy atom. The Kier molecular flexibility index (Phi) is 6.33. The molecule has 0 spiro atoms. The highest BCUT2D eigenvalue weighted by Gasteiger charge is 2.41. The third-order valence-electron chi connectivity index (χ3n) is 2.87. The minimum atomic E-state index is -2.65. The predicted molar refractivity (Wildman–Crippen MR) is 76.5 cm³/mol. The zero-order valence-electron chi connectivity index (χ0n) is 11.5. The molecule has 0 aromatic heterocycles. The molecule has 0 aliphatic carbocycles. The van der Waals surface area contributed by atoms with Crippen LogP contribution in [0.2, 0.25) is 6.55 Å². The lowest BCUT2D eigenvalue weighted by molar-refractivity contribution is -0.126. The molecule has 0 aliphatic heterocycles. The molecular formula is C13H22N2O2Si. The summed E-state index contributed by atoms with van der Waals surface area (Å²) < 4.78 is 3.07. The molecule has 0 aromatic carbocycles. The topological polar surface area (TPSA) is 40.6 Å². The molecule has 0 fully saturated rings. The number of amides is 2. The fourth-order valence-corrected chi connectivity index (χ4v) is 4.42. The van der Waals surface area contributed by atoms with E-state index in [0.717, 1.165) is 0 Å². The van der Waals surface area contributed by atoms with E-state index >= 15 is 0 Å². The Labute approximate surface area is 110 Å². The molecule has 100 valence electrons. The molecule has 0 bridgehead atoms. The average molecular weight is 266 g/mol. The molecule has 0 radical (unpaired) electrons. The summed E-state index contributed by atoms with van der Waals surface area (Å²) in [5.74, 6) is -0.148. The van der Waals surface area contributed by atoms with E-state index in [1.54, 1.807) is 19.5 Å². The van der Waals surface area contributed by atoms with Crippen LogP contribution in [0.5, 0.6) is 0 Å². The molecule has 0 saturated heterocycles. The van der Waals surface area contributed by atoms with Crippen LogP contribution in [0.15, 0.2) is 37.8 Å². The van der Waals surface area contributed by atoms with Gasteiger partial charge in [0, 0.05) is 12.8 Å². The number of hydrogen-bond donors (Lipinski definition) is 0. The van der Waals surface area contributed by atoms with Crippen LogP contribution in [0.3, 0.4) is 0 Å². The molecule has 18 heavy (non-hydrogen) atoms. The Morgan fingerprint density at radius 2 is 1.33 bits per heavy atom.